The van der Waals surface area contributed by atoms with Crippen LogP contribution in [0.1, 0.15) is 19.2 Å². The zero-order chi connectivity index (χ0) is 11.7. The van der Waals surface area contributed by atoms with Gasteiger partial charge in [-0.15, -0.1) is 0 Å². The minimum atomic E-state index is -0.199. The topological polar surface area (TPSA) is 49.2 Å². The standard InChI is InChI=1S/C11H16ClN3O/c1-7-6-15(4-3-9(7)16)11-5-10(12)13-8(2)14-11/h5,7,9,16H,3-4,6H2,1-2H3/t7-,9+/m0/s1. The second kappa shape index (κ2) is 4.55. The summed E-state index contributed by atoms with van der Waals surface area (Å²) in [6.45, 7) is 5.51. The number of aliphatic hydroxyl groups excluding tert-OH is 1. The Morgan fingerprint density at radius 1 is 1.50 bits per heavy atom. The van der Waals surface area contributed by atoms with Gasteiger partial charge in [0.2, 0.25) is 0 Å². The number of piperidine rings is 1. The Balaban J connectivity index is 2.18. The van der Waals surface area contributed by atoms with Crippen molar-refractivity contribution < 1.29 is 5.11 Å². The number of halogens is 1. The maximum Gasteiger partial charge on any atom is 0.134 e. The number of rotatable bonds is 1. The van der Waals surface area contributed by atoms with Gasteiger partial charge in [-0.1, -0.05) is 18.5 Å². The van der Waals surface area contributed by atoms with Crippen LogP contribution in [-0.4, -0.2) is 34.3 Å². The number of aryl methyl sites for hydroxylation is 1. The van der Waals surface area contributed by atoms with Crippen molar-refractivity contribution in [1.29, 1.82) is 0 Å². The van der Waals surface area contributed by atoms with Crippen molar-refractivity contribution in [3.05, 3.63) is 17.0 Å². The average Bonchev–Trinajstić information content (AvgIpc) is 2.20. The van der Waals surface area contributed by atoms with E-state index in [1.165, 1.54) is 0 Å². The second-order valence-corrected chi connectivity index (χ2v) is 4.76. The molecule has 0 saturated carbocycles. The third kappa shape index (κ3) is 2.44. The summed E-state index contributed by atoms with van der Waals surface area (Å²) in [4.78, 5) is 10.6. The molecule has 1 aromatic heterocycles. The number of hydrogen-bond donors (Lipinski definition) is 1. The molecule has 2 atom stereocenters. The van der Waals surface area contributed by atoms with E-state index in [1.807, 2.05) is 13.8 Å². The van der Waals surface area contributed by atoms with Gasteiger partial charge >= 0.3 is 0 Å². The van der Waals surface area contributed by atoms with E-state index in [1.54, 1.807) is 6.07 Å². The molecule has 0 radical (unpaired) electrons. The molecule has 0 unspecified atom stereocenters. The van der Waals surface area contributed by atoms with Gasteiger partial charge in [0, 0.05) is 19.2 Å². The van der Waals surface area contributed by atoms with Crippen LogP contribution in [0.4, 0.5) is 5.82 Å². The van der Waals surface area contributed by atoms with Gasteiger partial charge in [-0.2, -0.15) is 0 Å². The van der Waals surface area contributed by atoms with Crippen LogP contribution in [0, 0.1) is 12.8 Å². The highest BCUT2D eigenvalue weighted by molar-refractivity contribution is 6.29. The summed E-state index contributed by atoms with van der Waals surface area (Å²) in [6.07, 6.45) is 0.580. The minimum absolute atomic E-state index is 0.199. The third-order valence-electron chi connectivity index (χ3n) is 2.98. The average molecular weight is 242 g/mol. The molecule has 0 bridgehead atoms. The predicted molar refractivity (Wildman–Crippen MR) is 63.8 cm³/mol. The molecule has 4 nitrogen and oxygen atoms in total. The Labute approximate surface area is 100 Å². The van der Waals surface area contributed by atoms with E-state index < -0.39 is 0 Å². The van der Waals surface area contributed by atoms with E-state index >= 15 is 0 Å². The molecule has 1 N–H and O–H groups in total. The molecule has 0 amide bonds. The fourth-order valence-corrected chi connectivity index (χ4v) is 2.24. The number of nitrogens with zero attached hydrogens (tertiary/aromatic N) is 3. The summed E-state index contributed by atoms with van der Waals surface area (Å²) < 4.78 is 0. The van der Waals surface area contributed by atoms with Crippen LogP contribution in [0.2, 0.25) is 5.15 Å². The van der Waals surface area contributed by atoms with E-state index in [0.717, 1.165) is 25.3 Å². The fraction of sp³-hybridized carbons (Fsp3) is 0.636. The molecule has 1 aliphatic rings. The molecule has 0 spiro atoms. The quantitative estimate of drug-likeness (QED) is 0.760. The Bertz CT molecular complexity index is 365. The molecule has 88 valence electrons. The molecular weight excluding hydrogens is 226 g/mol. The van der Waals surface area contributed by atoms with Crippen LogP contribution in [0.15, 0.2) is 6.07 Å². The predicted octanol–water partition coefficient (Wildman–Crippen LogP) is 1.65. The van der Waals surface area contributed by atoms with Crippen molar-refractivity contribution in [2.24, 2.45) is 5.92 Å². The summed E-state index contributed by atoms with van der Waals surface area (Å²) in [6, 6.07) is 1.78. The van der Waals surface area contributed by atoms with Crippen molar-refractivity contribution in [2.45, 2.75) is 26.4 Å². The highest BCUT2D eigenvalue weighted by Crippen LogP contribution is 2.23. The summed E-state index contributed by atoms with van der Waals surface area (Å²) in [5, 5.41) is 10.1. The van der Waals surface area contributed by atoms with Gasteiger partial charge < -0.3 is 10.0 Å². The number of anilines is 1. The molecule has 0 aliphatic carbocycles. The molecule has 2 rings (SSSR count). The Morgan fingerprint density at radius 3 is 2.88 bits per heavy atom. The van der Waals surface area contributed by atoms with Crippen LogP contribution in [0.5, 0.6) is 0 Å². The van der Waals surface area contributed by atoms with Crippen LogP contribution in [0.3, 0.4) is 0 Å². The Morgan fingerprint density at radius 2 is 2.25 bits per heavy atom. The Kier molecular flexibility index (Phi) is 3.30. The second-order valence-electron chi connectivity index (χ2n) is 4.38. The van der Waals surface area contributed by atoms with Gasteiger partial charge in [0.25, 0.3) is 0 Å². The molecular formula is C11H16ClN3O. The maximum atomic E-state index is 9.67. The first-order chi connectivity index (χ1) is 7.56. The number of aromatic nitrogens is 2. The lowest BCUT2D eigenvalue weighted by atomic mass is 9.97. The van der Waals surface area contributed by atoms with Gasteiger partial charge in [0.15, 0.2) is 0 Å². The van der Waals surface area contributed by atoms with E-state index in [-0.39, 0.29) is 12.0 Å². The molecule has 2 heterocycles. The van der Waals surface area contributed by atoms with Crippen molar-refractivity contribution in [2.75, 3.05) is 18.0 Å². The first-order valence-corrected chi connectivity index (χ1v) is 5.88. The van der Waals surface area contributed by atoms with Crippen molar-refractivity contribution in [1.82, 2.24) is 9.97 Å². The lowest BCUT2D eigenvalue weighted by Gasteiger charge is -2.35. The van der Waals surface area contributed by atoms with Gasteiger partial charge in [0.05, 0.1) is 6.10 Å². The van der Waals surface area contributed by atoms with Crippen LogP contribution in [-0.2, 0) is 0 Å². The number of hydrogen-bond acceptors (Lipinski definition) is 4. The van der Waals surface area contributed by atoms with Crippen molar-refractivity contribution in [3.8, 4) is 0 Å². The summed E-state index contributed by atoms with van der Waals surface area (Å²) in [5.74, 6) is 1.81. The van der Waals surface area contributed by atoms with Crippen molar-refractivity contribution >= 4 is 17.4 Å². The highest BCUT2D eigenvalue weighted by Gasteiger charge is 2.25. The van der Waals surface area contributed by atoms with E-state index in [2.05, 4.69) is 14.9 Å². The highest BCUT2D eigenvalue weighted by atomic mass is 35.5. The lowest BCUT2D eigenvalue weighted by molar-refractivity contribution is 0.0969. The lowest BCUT2D eigenvalue weighted by Crippen LogP contribution is -2.42. The van der Waals surface area contributed by atoms with Gasteiger partial charge in [-0.3, -0.25) is 0 Å². The summed E-state index contributed by atoms with van der Waals surface area (Å²) >= 11 is 5.91. The molecule has 1 fully saturated rings. The van der Waals surface area contributed by atoms with Gasteiger partial charge in [0.1, 0.15) is 16.8 Å². The van der Waals surface area contributed by atoms with E-state index in [0.29, 0.717) is 11.0 Å². The van der Waals surface area contributed by atoms with Crippen LogP contribution >= 0.6 is 11.6 Å². The monoisotopic (exact) mass is 241 g/mol. The Hall–Kier alpha value is -0.870. The van der Waals surface area contributed by atoms with Crippen molar-refractivity contribution in [3.63, 3.8) is 0 Å². The molecule has 5 heteroatoms. The fourth-order valence-electron chi connectivity index (χ4n) is 2.02. The summed E-state index contributed by atoms with van der Waals surface area (Å²) in [7, 11) is 0. The minimum Gasteiger partial charge on any atom is -0.393 e. The molecule has 1 aromatic rings. The smallest absolute Gasteiger partial charge is 0.134 e. The molecule has 16 heavy (non-hydrogen) atoms. The number of aliphatic hydroxyl groups is 1. The largest absolute Gasteiger partial charge is 0.393 e. The van der Waals surface area contributed by atoms with E-state index in [4.69, 9.17) is 11.6 Å². The maximum absolute atomic E-state index is 9.67. The molecule has 0 aromatic carbocycles. The zero-order valence-electron chi connectivity index (χ0n) is 9.52. The third-order valence-corrected chi connectivity index (χ3v) is 3.17. The first-order valence-electron chi connectivity index (χ1n) is 5.50. The summed E-state index contributed by atoms with van der Waals surface area (Å²) in [5.41, 5.74) is 0. The normalized spacial score (nSPS) is 25.9. The molecule has 1 saturated heterocycles. The van der Waals surface area contributed by atoms with Crippen LogP contribution in [0.25, 0.3) is 0 Å². The first kappa shape index (κ1) is 11.6. The van der Waals surface area contributed by atoms with Gasteiger partial charge in [-0.25, -0.2) is 9.97 Å². The van der Waals surface area contributed by atoms with E-state index in [9.17, 15) is 5.11 Å². The zero-order valence-corrected chi connectivity index (χ0v) is 10.3. The van der Waals surface area contributed by atoms with Crippen LogP contribution < -0.4 is 4.90 Å². The molecule has 1 aliphatic heterocycles. The van der Waals surface area contributed by atoms with Gasteiger partial charge in [-0.05, 0) is 19.3 Å². The SMILES string of the molecule is Cc1nc(Cl)cc(N2CC[C@@H](O)[C@@H](C)C2)n1.